The number of benzene rings is 1. The molecule has 7 heteroatoms. The number of rotatable bonds is 7. The molecule has 1 aromatic rings. The van der Waals surface area contributed by atoms with Crippen LogP contribution in [-0.4, -0.2) is 51.9 Å². The van der Waals surface area contributed by atoms with Crippen molar-refractivity contribution in [1.29, 1.82) is 0 Å². The summed E-state index contributed by atoms with van der Waals surface area (Å²) in [4.78, 5) is 15.1. The maximum atomic E-state index is 12.5. The highest BCUT2D eigenvalue weighted by atomic mass is 32.2. The lowest BCUT2D eigenvalue weighted by molar-refractivity contribution is 0.0948. The van der Waals surface area contributed by atoms with Crippen LogP contribution in [-0.2, 0) is 10.0 Å². The van der Waals surface area contributed by atoms with Gasteiger partial charge in [0.25, 0.3) is 5.91 Å². The number of carbonyl (C=O) groups excluding carboxylic acids is 1. The number of hydrogen-bond donors (Lipinski definition) is 2. The molecule has 0 radical (unpaired) electrons. The van der Waals surface area contributed by atoms with Crippen LogP contribution in [0.4, 0.5) is 0 Å². The molecule has 1 aromatic carbocycles. The van der Waals surface area contributed by atoms with Crippen molar-refractivity contribution >= 4 is 15.9 Å². The van der Waals surface area contributed by atoms with Crippen LogP contribution in [0.15, 0.2) is 17.0 Å². The van der Waals surface area contributed by atoms with Crippen LogP contribution in [0.25, 0.3) is 0 Å². The average molecular weight is 382 g/mol. The van der Waals surface area contributed by atoms with Crippen molar-refractivity contribution in [3.8, 4) is 0 Å². The molecule has 2 N–H and O–H groups in total. The number of nitrogens with zero attached hydrogens (tertiary/aromatic N) is 1. The lowest BCUT2D eigenvalue weighted by atomic mass is 10.0. The first-order valence-electron chi connectivity index (χ1n) is 9.33. The lowest BCUT2D eigenvalue weighted by Gasteiger charge is -2.33. The van der Waals surface area contributed by atoms with Crippen molar-refractivity contribution in [1.82, 2.24) is 14.9 Å². The fraction of sp³-hybridized carbons (Fsp3) is 0.632. The van der Waals surface area contributed by atoms with E-state index in [1.807, 2.05) is 6.92 Å². The third-order valence-corrected chi connectivity index (χ3v) is 6.83. The highest BCUT2D eigenvalue weighted by molar-refractivity contribution is 7.89. The molecule has 1 amide bonds. The largest absolute Gasteiger partial charge is 0.352 e. The Morgan fingerprint density at radius 2 is 2.00 bits per heavy atom. The SMILES string of the molecule is CNS(=O)(=O)c1cc(C(=O)NCCCN2CCCCC2C)cc(C)c1C. The van der Waals surface area contributed by atoms with Crippen LogP contribution in [0.5, 0.6) is 0 Å². The standard InChI is InChI=1S/C19H31N3O3S/c1-14-12-17(13-18(16(14)3)26(24,25)20-4)19(23)21-9-7-11-22-10-6-5-8-15(22)2/h12-13,15,20H,5-11H2,1-4H3,(H,21,23). The molecule has 1 aliphatic heterocycles. The quantitative estimate of drug-likeness (QED) is 0.710. The van der Waals surface area contributed by atoms with Gasteiger partial charge in [0.2, 0.25) is 10.0 Å². The molecule has 146 valence electrons. The highest BCUT2D eigenvalue weighted by Crippen LogP contribution is 2.21. The molecule has 1 unspecified atom stereocenters. The molecule has 1 aliphatic rings. The van der Waals surface area contributed by atoms with E-state index in [-0.39, 0.29) is 10.8 Å². The van der Waals surface area contributed by atoms with Crippen LogP contribution in [0.1, 0.15) is 54.1 Å². The van der Waals surface area contributed by atoms with Gasteiger partial charge in [0, 0.05) is 24.7 Å². The van der Waals surface area contributed by atoms with Gasteiger partial charge >= 0.3 is 0 Å². The number of hydrogen-bond acceptors (Lipinski definition) is 4. The van der Waals surface area contributed by atoms with E-state index in [2.05, 4.69) is 21.9 Å². The monoisotopic (exact) mass is 381 g/mol. The Balaban J connectivity index is 1.97. The van der Waals surface area contributed by atoms with Crippen LogP contribution in [0.3, 0.4) is 0 Å². The molecule has 0 aromatic heterocycles. The predicted octanol–water partition coefficient (Wildman–Crippen LogP) is 2.21. The molecule has 0 aliphatic carbocycles. The number of piperidine rings is 1. The summed E-state index contributed by atoms with van der Waals surface area (Å²) in [6, 6.07) is 3.82. The number of nitrogens with one attached hydrogen (secondary N) is 2. The summed E-state index contributed by atoms with van der Waals surface area (Å²) < 4.78 is 26.7. The van der Waals surface area contributed by atoms with Crippen LogP contribution in [0, 0.1) is 13.8 Å². The number of amides is 1. The second-order valence-corrected chi connectivity index (χ2v) is 8.97. The van der Waals surface area contributed by atoms with E-state index in [4.69, 9.17) is 0 Å². The molecular formula is C19H31N3O3S. The third-order valence-electron chi connectivity index (χ3n) is 5.29. The van der Waals surface area contributed by atoms with Crippen LogP contribution in [0.2, 0.25) is 0 Å². The summed E-state index contributed by atoms with van der Waals surface area (Å²) in [5.74, 6) is -0.229. The van der Waals surface area contributed by atoms with Gasteiger partial charge in [-0.15, -0.1) is 0 Å². The summed E-state index contributed by atoms with van der Waals surface area (Å²) in [7, 11) is -2.22. The first kappa shape index (κ1) is 20.9. The lowest BCUT2D eigenvalue weighted by Crippen LogP contribution is -2.39. The zero-order valence-corrected chi connectivity index (χ0v) is 17.1. The van der Waals surface area contributed by atoms with Gasteiger partial charge in [-0.3, -0.25) is 4.79 Å². The second kappa shape index (κ2) is 8.97. The van der Waals surface area contributed by atoms with E-state index in [1.54, 1.807) is 13.0 Å². The second-order valence-electron chi connectivity index (χ2n) is 7.11. The van der Waals surface area contributed by atoms with Crippen molar-refractivity contribution in [2.45, 2.75) is 57.4 Å². The van der Waals surface area contributed by atoms with Gasteiger partial charge in [0.1, 0.15) is 0 Å². The van der Waals surface area contributed by atoms with Gasteiger partial charge in [0.05, 0.1) is 4.90 Å². The first-order valence-corrected chi connectivity index (χ1v) is 10.8. The van der Waals surface area contributed by atoms with Crippen molar-refractivity contribution in [3.63, 3.8) is 0 Å². The van der Waals surface area contributed by atoms with Crippen molar-refractivity contribution in [2.24, 2.45) is 0 Å². The fourth-order valence-corrected chi connectivity index (χ4v) is 4.49. The minimum atomic E-state index is -3.59. The molecule has 0 spiro atoms. The van der Waals surface area contributed by atoms with Crippen molar-refractivity contribution in [2.75, 3.05) is 26.7 Å². The number of aryl methyl sites for hydroxylation is 1. The molecule has 0 bridgehead atoms. The Hall–Kier alpha value is -1.44. The van der Waals surface area contributed by atoms with E-state index >= 15 is 0 Å². The summed E-state index contributed by atoms with van der Waals surface area (Å²) in [5, 5.41) is 2.92. The van der Waals surface area contributed by atoms with Crippen LogP contribution >= 0.6 is 0 Å². The van der Waals surface area contributed by atoms with E-state index < -0.39 is 10.0 Å². The Kier molecular flexibility index (Phi) is 7.20. The molecule has 0 saturated carbocycles. The molecule has 1 atom stereocenters. The topological polar surface area (TPSA) is 78.5 Å². The third kappa shape index (κ3) is 5.05. The summed E-state index contributed by atoms with van der Waals surface area (Å²) in [6.07, 6.45) is 4.70. The Labute approximate surface area is 157 Å². The highest BCUT2D eigenvalue weighted by Gasteiger charge is 2.20. The number of likely N-dealkylation sites (tertiary alicyclic amines) is 1. The Morgan fingerprint density at radius 1 is 1.27 bits per heavy atom. The predicted molar refractivity (Wildman–Crippen MR) is 104 cm³/mol. The smallest absolute Gasteiger partial charge is 0.251 e. The van der Waals surface area contributed by atoms with Crippen molar-refractivity contribution < 1.29 is 13.2 Å². The number of sulfonamides is 1. The number of carbonyl (C=O) groups is 1. The van der Waals surface area contributed by atoms with Gasteiger partial charge in [-0.25, -0.2) is 13.1 Å². The van der Waals surface area contributed by atoms with Crippen LogP contribution < -0.4 is 10.0 Å². The van der Waals surface area contributed by atoms with E-state index in [1.165, 1.54) is 32.4 Å². The minimum Gasteiger partial charge on any atom is -0.352 e. The van der Waals surface area contributed by atoms with E-state index in [0.29, 0.717) is 23.7 Å². The van der Waals surface area contributed by atoms with Gasteiger partial charge in [0.15, 0.2) is 0 Å². The van der Waals surface area contributed by atoms with Gasteiger partial charge < -0.3 is 10.2 Å². The van der Waals surface area contributed by atoms with Crippen molar-refractivity contribution in [3.05, 3.63) is 28.8 Å². The Bertz CT molecular complexity index is 747. The molecule has 2 rings (SSSR count). The average Bonchev–Trinajstić information content (AvgIpc) is 2.61. The molecule has 6 nitrogen and oxygen atoms in total. The van der Waals surface area contributed by atoms with Gasteiger partial charge in [-0.2, -0.15) is 0 Å². The zero-order chi connectivity index (χ0) is 19.3. The fourth-order valence-electron chi connectivity index (χ4n) is 3.42. The molecule has 1 saturated heterocycles. The molecule has 1 heterocycles. The van der Waals surface area contributed by atoms with Gasteiger partial charge in [-0.1, -0.05) is 6.42 Å². The van der Waals surface area contributed by atoms with E-state index in [0.717, 1.165) is 25.1 Å². The summed E-state index contributed by atoms with van der Waals surface area (Å²) in [5.41, 5.74) is 1.83. The molecular weight excluding hydrogens is 350 g/mol. The maximum Gasteiger partial charge on any atom is 0.251 e. The summed E-state index contributed by atoms with van der Waals surface area (Å²) >= 11 is 0. The molecule has 1 fully saturated rings. The minimum absolute atomic E-state index is 0.160. The van der Waals surface area contributed by atoms with Gasteiger partial charge in [-0.05, 0) is 76.9 Å². The molecule has 26 heavy (non-hydrogen) atoms. The normalized spacial score (nSPS) is 18.7. The Morgan fingerprint density at radius 3 is 2.65 bits per heavy atom. The maximum absolute atomic E-state index is 12.5. The van der Waals surface area contributed by atoms with E-state index in [9.17, 15) is 13.2 Å². The zero-order valence-electron chi connectivity index (χ0n) is 16.3. The first-order chi connectivity index (χ1) is 12.3. The summed E-state index contributed by atoms with van der Waals surface area (Å²) in [6.45, 7) is 8.53.